The number of halogens is 1. The Hall–Kier alpha value is -0.613. The first-order chi connectivity index (χ1) is 9.33. The second-order valence-electron chi connectivity index (χ2n) is 6.57. The summed E-state index contributed by atoms with van der Waals surface area (Å²) in [5, 5.41) is 0. The Morgan fingerprint density at radius 2 is 1.60 bits per heavy atom. The standard InChI is InChI=1S/C16H25BrN2Si/c1-11(2)20(12(3)4,13(5)6)19-10-14(17)16-15(19)8-7-9-18-16/h7-13H,1-6H3. The van der Waals surface area contributed by atoms with Crippen LogP contribution < -0.4 is 0 Å². The van der Waals surface area contributed by atoms with Gasteiger partial charge >= 0.3 is 0 Å². The average molecular weight is 353 g/mol. The monoisotopic (exact) mass is 352 g/mol. The zero-order valence-corrected chi connectivity index (χ0v) is 15.9. The smallest absolute Gasteiger partial charge is 0.169 e. The SMILES string of the molecule is CC(C)[Si](C(C)C)(C(C)C)n1cc(Br)c2ncccc21. The van der Waals surface area contributed by atoms with Gasteiger partial charge in [-0.1, -0.05) is 41.5 Å². The predicted molar refractivity (Wildman–Crippen MR) is 93.9 cm³/mol. The maximum absolute atomic E-state index is 4.55. The van der Waals surface area contributed by atoms with E-state index >= 15 is 0 Å². The van der Waals surface area contributed by atoms with E-state index < -0.39 is 8.24 Å². The summed E-state index contributed by atoms with van der Waals surface area (Å²) in [6.45, 7) is 14.3. The highest BCUT2D eigenvalue weighted by Crippen LogP contribution is 2.45. The zero-order valence-electron chi connectivity index (χ0n) is 13.3. The van der Waals surface area contributed by atoms with Crippen molar-refractivity contribution in [1.29, 1.82) is 0 Å². The molecule has 0 amide bonds. The van der Waals surface area contributed by atoms with E-state index in [1.165, 1.54) is 5.52 Å². The first-order valence-electron chi connectivity index (χ1n) is 7.45. The van der Waals surface area contributed by atoms with Crippen molar-refractivity contribution in [2.75, 3.05) is 0 Å². The van der Waals surface area contributed by atoms with Gasteiger partial charge in [-0.3, -0.25) is 4.98 Å². The Bertz CT molecular complexity index is 580. The van der Waals surface area contributed by atoms with Crippen LogP contribution in [0.3, 0.4) is 0 Å². The summed E-state index contributed by atoms with van der Waals surface area (Å²) in [5.74, 6) is 0. The highest BCUT2D eigenvalue weighted by Gasteiger charge is 2.46. The molecule has 0 aliphatic heterocycles. The van der Waals surface area contributed by atoms with Gasteiger partial charge in [-0.15, -0.1) is 0 Å². The largest absolute Gasteiger partial charge is 0.371 e. The maximum Gasteiger partial charge on any atom is 0.169 e. The van der Waals surface area contributed by atoms with Crippen molar-refractivity contribution in [3.63, 3.8) is 0 Å². The fraction of sp³-hybridized carbons (Fsp3) is 0.562. The minimum Gasteiger partial charge on any atom is -0.371 e. The summed E-state index contributed by atoms with van der Waals surface area (Å²) in [5.41, 5.74) is 4.43. The Kier molecular flexibility index (Phi) is 4.45. The van der Waals surface area contributed by atoms with E-state index in [0.29, 0.717) is 16.6 Å². The number of fused-ring (bicyclic) bond motifs is 1. The van der Waals surface area contributed by atoms with Gasteiger partial charge in [0.1, 0.15) is 5.52 Å². The van der Waals surface area contributed by atoms with E-state index in [0.717, 1.165) is 9.99 Å². The van der Waals surface area contributed by atoms with Crippen LogP contribution in [0.5, 0.6) is 0 Å². The Morgan fingerprint density at radius 1 is 1.05 bits per heavy atom. The van der Waals surface area contributed by atoms with E-state index in [2.05, 4.69) is 79.0 Å². The van der Waals surface area contributed by atoms with Crippen LogP contribution in [0.25, 0.3) is 11.0 Å². The average Bonchev–Trinajstić information content (AvgIpc) is 2.67. The van der Waals surface area contributed by atoms with Crippen LogP contribution in [0.4, 0.5) is 0 Å². The van der Waals surface area contributed by atoms with Crippen molar-refractivity contribution >= 4 is 35.2 Å². The molecule has 2 aromatic rings. The summed E-state index contributed by atoms with van der Waals surface area (Å²) in [7, 11) is -1.70. The van der Waals surface area contributed by atoms with E-state index in [-0.39, 0.29) is 0 Å². The molecule has 2 aromatic heterocycles. The van der Waals surface area contributed by atoms with Crippen LogP contribution in [-0.4, -0.2) is 17.5 Å². The molecule has 2 rings (SSSR count). The van der Waals surface area contributed by atoms with Crippen LogP contribution in [0.2, 0.25) is 16.6 Å². The van der Waals surface area contributed by atoms with E-state index in [1.54, 1.807) is 0 Å². The maximum atomic E-state index is 4.55. The Labute approximate surface area is 131 Å². The van der Waals surface area contributed by atoms with Crippen LogP contribution >= 0.6 is 15.9 Å². The molecular formula is C16H25BrN2Si. The highest BCUT2D eigenvalue weighted by atomic mass is 79.9. The first kappa shape index (κ1) is 15.8. The van der Waals surface area contributed by atoms with Crippen molar-refractivity contribution in [3.05, 3.63) is 29.0 Å². The second-order valence-corrected chi connectivity index (χ2v) is 13.1. The quantitative estimate of drug-likeness (QED) is 0.633. The Morgan fingerprint density at radius 3 is 2.10 bits per heavy atom. The van der Waals surface area contributed by atoms with Crippen LogP contribution in [0.15, 0.2) is 29.0 Å². The summed E-state index contributed by atoms with van der Waals surface area (Å²) in [4.78, 5) is 4.55. The van der Waals surface area contributed by atoms with Gasteiger partial charge in [0.25, 0.3) is 0 Å². The molecule has 0 spiro atoms. The van der Waals surface area contributed by atoms with Gasteiger partial charge in [0.15, 0.2) is 8.24 Å². The van der Waals surface area contributed by atoms with Gasteiger partial charge in [-0.2, -0.15) is 0 Å². The third kappa shape index (κ3) is 2.17. The molecule has 0 bridgehead atoms. The summed E-state index contributed by atoms with van der Waals surface area (Å²) >= 11 is 3.70. The molecule has 4 heteroatoms. The number of pyridine rings is 1. The Balaban J connectivity index is 2.82. The van der Waals surface area contributed by atoms with Crippen molar-refractivity contribution in [2.45, 2.75) is 58.2 Å². The lowest BCUT2D eigenvalue weighted by Gasteiger charge is -2.44. The molecule has 0 atom stereocenters. The highest BCUT2D eigenvalue weighted by molar-refractivity contribution is 9.10. The minimum absolute atomic E-state index is 0.685. The lowest BCUT2D eigenvalue weighted by Crippen LogP contribution is -2.51. The van der Waals surface area contributed by atoms with Gasteiger partial charge in [-0.25, -0.2) is 0 Å². The predicted octanol–water partition coefficient (Wildman–Crippen LogP) is 5.82. The third-order valence-electron chi connectivity index (χ3n) is 4.71. The first-order valence-corrected chi connectivity index (χ1v) is 10.4. The second kappa shape index (κ2) is 5.64. The fourth-order valence-electron chi connectivity index (χ4n) is 4.17. The fourth-order valence-corrected chi connectivity index (χ4v) is 11.5. The molecule has 0 radical (unpaired) electrons. The number of hydrogen-bond acceptors (Lipinski definition) is 1. The number of rotatable bonds is 4. The van der Waals surface area contributed by atoms with Gasteiger partial charge in [0.2, 0.25) is 0 Å². The van der Waals surface area contributed by atoms with Gasteiger partial charge in [-0.05, 0) is 44.7 Å². The molecular weight excluding hydrogens is 328 g/mol. The van der Waals surface area contributed by atoms with Crippen molar-refractivity contribution < 1.29 is 0 Å². The molecule has 20 heavy (non-hydrogen) atoms. The number of hydrogen-bond donors (Lipinski definition) is 0. The van der Waals surface area contributed by atoms with Crippen LogP contribution in [-0.2, 0) is 0 Å². The molecule has 2 nitrogen and oxygen atoms in total. The molecule has 110 valence electrons. The van der Waals surface area contributed by atoms with E-state index in [9.17, 15) is 0 Å². The molecule has 0 aliphatic carbocycles. The normalized spacial score (nSPS) is 13.1. The molecule has 0 aromatic carbocycles. The summed E-state index contributed by atoms with van der Waals surface area (Å²) in [6, 6.07) is 4.26. The molecule has 2 heterocycles. The molecule has 0 unspecified atom stereocenters. The number of nitrogens with zero attached hydrogens (tertiary/aromatic N) is 2. The van der Waals surface area contributed by atoms with Crippen LogP contribution in [0, 0.1) is 0 Å². The molecule has 0 N–H and O–H groups in total. The van der Waals surface area contributed by atoms with Crippen molar-refractivity contribution in [2.24, 2.45) is 0 Å². The summed E-state index contributed by atoms with van der Waals surface area (Å²) in [6.07, 6.45) is 4.16. The zero-order chi connectivity index (χ0) is 15.1. The summed E-state index contributed by atoms with van der Waals surface area (Å²) < 4.78 is 3.71. The molecule has 0 aliphatic rings. The van der Waals surface area contributed by atoms with Crippen molar-refractivity contribution in [1.82, 2.24) is 9.22 Å². The van der Waals surface area contributed by atoms with Crippen molar-refractivity contribution in [3.8, 4) is 0 Å². The lowest BCUT2D eigenvalue weighted by atomic mass is 10.4. The van der Waals surface area contributed by atoms with Gasteiger partial charge < -0.3 is 4.23 Å². The number of aromatic nitrogens is 2. The molecule has 0 fully saturated rings. The third-order valence-corrected chi connectivity index (χ3v) is 12.0. The topological polar surface area (TPSA) is 17.8 Å². The lowest BCUT2D eigenvalue weighted by molar-refractivity contribution is 0.772. The van der Waals surface area contributed by atoms with E-state index in [4.69, 9.17) is 0 Å². The van der Waals surface area contributed by atoms with Gasteiger partial charge in [0, 0.05) is 12.4 Å². The molecule has 0 saturated heterocycles. The minimum atomic E-state index is -1.70. The van der Waals surface area contributed by atoms with E-state index in [1.807, 2.05) is 12.3 Å². The van der Waals surface area contributed by atoms with Crippen LogP contribution in [0.1, 0.15) is 41.5 Å². The molecule has 0 saturated carbocycles. The van der Waals surface area contributed by atoms with Gasteiger partial charge in [0.05, 0.1) is 9.99 Å².